The molecule has 0 aliphatic carbocycles. The molecule has 0 atom stereocenters. The van der Waals surface area contributed by atoms with Crippen molar-refractivity contribution in [3.8, 4) is 16.9 Å². The molecule has 114 valence electrons. The number of nitrogens with one attached hydrogen (secondary N) is 2. The molecule has 4 heteroatoms. The summed E-state index contributed by atoms with van der Waals surface area (Å²) in [5, 5.41) is 0. The highest BCUT2D eigenvalue weighted by molar-refractivity contribution is 5.78. The van der Waals surface area contributed by atoms with Crippen molar-refractivity contribution in [1.82, 2.24) is 10.9 Å². The minimum absolute atomic E-state index is 0.0617. The van der Waals surface area contributed by atoms with E-state index in [4.69, 9.17) is 4.74 Å². The van der Waals surface area contributed by atoms with E-state index in [0.717, 1.165) is 23.2 Å². The fourth-order valence-electron chi connectivity index (χ4n) is 1.87. The SMILES string of the molecule is C=C(CC)NNC(=O)COc1ccccc1-c1ccccc1. The highest BCUT2D eigenvalue weighted by atomic mass is 16.5. The van der Waals surface area contributed by atoms with Gasteiger partial charge in [0.05, 0.1) is 0 Å². The smallest absolute Gasteiger partial charge is 0.276 e. The predicted octanol–water partition coefficient (Wildman–Crippen LogP) is 3.28. The lowest BCUT2D eigenvalue weighted by Crippen LogP contribution is -2.39. The lowest BCUT2D eigenvalue weighted by molar-refractivity contribution is -0.123. The van der Waals surface area contributed by atoms with Gasteiger partial charge in [0.25, 0.3) is 5.91 Å². The summed E-state index contributed by atoms with van der Waals surface area (Å²) in [5.41, 5.74) is 8.05. The Morgan fingerprint density at radius 2 is 1.73 bits per heavy atom. The summed E-state index contributed by atoms with van der Waals surface area (Å²) < 4.78 is 5.64. The van der Waals surface area contributed by atoms with Crippen LogP contribution in [-0.4, -0.2) is 12.5 Å². The van der Waals surface area contributed by atoms with Gasteiger partial charge in [-0.1, -0.05) is 62.0 Å². The molecule has 2 aromatic carbocycles. The van der Waals surface area contributed by atoms with Crippen LogP contribution in [-0.2, 0) is 4.79 Å². The highest BCUT2D eigenvalue weighted by Gasteiger charge is 2.08. The van der Waals surface area contributed by atoms with Crippen molar-refractivity contribution in [3.63, 3.8) is 0 Å². The standard InChI is InChI=1S/C18H20N2O2/c1-3-14(2)19-20-18(21)13-22-17-12-8-7-11-16(17)15-9-5-4-6-10-15/h4-12,19H,2-3,13H2,1H3,(H,20,21). The molecule has 1 amide bonds. The second-order valence-corrected chi connectivity index (χ2v) is 4.78. The molecule has 0 radical (unpaired) electrons. The molecule has 0 saturated heterocycles. The van der Waals surface area contributed by atoms with E-state index < -0.39 is 0 Å². The van der Waals surface area contributed by atoms with Crippen LogP contribution in [0.15, 0.2) is 66.9 Å². The Kier molecular flexibility index (Phi) is 5.60. The number of amides is 1. The molecule has 0 unspecified atom stereocenters. The Bertz CT molecular complexity index is 639. The van der Waals surface area contributed by atoms with Gasteiger partial charge in [0.1, 0.15) is 5.75 Å². The quantitative estimate of drug-likeness (QED) is 0.771. The van der Waals surface area contributed by atoms with Gasteiger partial charge in [0.2, 0.25) is 0 Å². The summed E-state index contributed by atoms with van der Waals surface area (Å²) >= 11 is 0. The average Bonchev–Trinajstić information content (AvgIpc) is 2.58. The summed E-state index contributed by atoms with van der Waals surface area (Å²) in [6.45, 7) is 5.64. The number of hydrogen-bond donors (Lipinski definition) is 2. The molecule has 22 heavy (non-hydrogen) atoms. The summed E-state index contributed by atoms with van der Waals surface area (Å²) in [6, 6.07) is 17.6. The maximum absolute atomic E-state index is 11.7. The minimum Gasteiger partial charge on any atom is -0.483 e. The fraction of sp³-hybridized carbons (Fsp3) is 0.167. The third-order valence-corrected chi connectivity index (χ3v) is 3.14. The van der Waals surface area contributed by atoms with E-state index in [0.29, 0.717) is 5.75 Å². The second kappa shape index (κ2) is 7.88. The van der Waals surface area contributed by atoms with E-state index in [1.54, 1.807) is 0 Å². The summed E-state index contributed by atoms with van der Waals surface area (Å²) in [6.07, 6.45) is 0.748. The van der Waals surface area contributed by atoms with Gasteiger partial charge in [-0.15, -0.1) is 0 Å². The molecule has 2 aromatic rings. The summed E-state index contributed by atoms with van der Waals surface area (Å²) in [5.74, 6) is 0.427. The van der Waals surface area contributed by atoms with Crippen LogP contribution in [0.1, 0.15) is 13.3 Å². The third kappa shape index (κ3) is 4.38. The van der Waals surface area contributed by atoms with E-state index in [1.165, 1.54) is 0 Å². The zero-order valence-electron chi connectivity index (χ0n) is 12.6. The monoisotopic (exact) mass is 296 g/mol. The van der Waals surface area contributed by atoms with Crippen LogP contribution in [0, 0.1) is 0 Å². The van der Waals surface area contributed by atoms with Crippen LogP contribution >= 0.6 is 0 Å². The predicted molar refractivity (Wildman–Crippen MR) is 88.1 cm³/mol. The first kappa shape index (κ1) is 15.6. The summed E-state index contributed by atoms with van der Waals surface area (Å²) in [7, 11) is 0. The van der Waals surface area contributed by atoms with Gasteiger partial charge in [-0.25, -0.2) is 0 Å². The largest absolute Gasteiger partial charge is 0.483 e. The molecule has 0 spiro atoms. The van der Waals surface area contributed by atoms with Crippen LogP contribution in [0.5, 0.6) is 5.75 Å². The molecule has 0 fully saturated rings. The topological polar surface area (TPSA) is 50.4 Å². The number of benzene rings is 2. The molecular weight excluding hydrogens is 276 g/mol. The van der Waals surface area contributed by atoms with E-state index in [-0.39, 0.29) is 12.5 Å². The second-order valence-electron chi connectivity index (χ2n) is 4.78. The normalized spacial score (nSPS) is 9.86. The van der Waals surface area contributed by atoms with E-state index in [2.05, 4.69) is 17.4 Å². The lowest BCUT2D eigenvalue weighted by Gasteiger charge is -2.13. The zero-order chi connectivity index (χ0) is 15.8. The van der Waals surface area contributed by atoms with E-state index in [9.17, 15) is 4.79 Å². The van der Waals surface area contributed by atoms with Crippen LogP contribution in [0.25, 0.3) is 11.1 Å². The van der Waals surface area contributed by atoms with Gasteiger partial charge in [-0.05, 0) is 18.1 Å². The van der Waals surface area contributed by atoms with E-state index in [1.807, 2.05) is 61.5 Å². The number of para-hydroxylation sites is 1. The zero-order valence-corrected chi connectivity index (χ0v) is 12.6. The molecular formula is C18H20N2O2. The Hall–Kier alpha value is -2.75. The van der Waals surface area contributed by atoms with Crippen LogP contribution < -0.4 is 15.6 Å². The van der Waals surface area contributed by atoms with Gasteiger partial charge in [0.15, 0.2) is 6.61 Å². The Balaban J connectivity index is 1.99. The van der Waals surface area contributed by atoms with Crippen molar-refractivity contribution >= 4 is 5.91 Å². The van der Waals surface area contributed by atoms with Crippen molar-refractivity contribution in [2.24, 2.45) is 0 Å². The van der Waals surface area contributed by atoms with Gasteiger partial charge in [-0.2, -0.15) is 0 Å². The maximum Gasteiger partial charge on any atom is 0.276 e. The Morgan fingerprint density at radius 1 is 1.05 bits per heavy atom. The van der Waals surface area contributed by atoms with Gasteiger partial charge >= 0.3 is 0 Å². The van der Waals surface area contributed by atoms with Crippen LogP contribution in [0.4, 0.5) is 0 Å². The first-order valence-corrected chi connectivity index (χ1v) is 7.20. The van der Waals surface area contributed by atoms with Crippen molar-refractivity contribution < 1.29 is 9.53 Å². The molecule has 0 aromatic heterocycles. The molecule has 2 N–H and O–H groups in total. The number of hydrazine groups is 1. The average molecular weight is 296 g/mol. The van der Waals surface area contributed by atoms with Crippen LogP contribution in [0.3, 0.4) is 0 Å². The molecule has 0 aliphatic heterocycles. The fourth-order valence-corrected chi connectivity index (χ4v) is 1.87. The Morgan fingerprint density at radius 3 is 2.45 bits per heavy atom. The molecule has 0 saturated carbocycles. The number of ether oxygens (including phenoxy) is 1. The molecule has 0 bridgehead atoms. The maximum atomic E-state index is 11.7. The number of carbonyl (C=O) groups is 1. The third-order valence-electron chi connectivity index (χ3n) is 3.14. The lowest BCUT2D eigenvalue weighted by atomic mass is 10.1. The Labute approximate surface area is 130 Å². The van der Waals surface area contributed by atoms with Gasteiger partial charge in [0, 0.05) is 11.3 Å². The van der Waals surface area contributed by atoms with Crippen molar-refractivity contribution in [2.75, 3.05) is 6.61 Å². The van der Waals surface area contributed by atoms with Crippen molar-refractivity contribution in [3.05, 3.63) is 66.9 Å². The molecule has 0 heterocycles. The van der Waals surface area contributed by atoms with Gasteiger partial charge < -0.3 is 10.2 Å². The number of allylic oxidation sites excluding steroid dienone is 1. The minimum atomic E-state index is -0.252. The first-order chi connectivity index (χ1) is 10.7. The number of carbonyl (C=O) groups excluding carboxylic acids is 1. The highest BCUT2D eigenvalue weighted by Crippen LogP contribution is 2.29. The van der Waals surface area contributed by atoms with E-state index >= 15 is 0 Å². The summed E-state index contributed by atoms with van der Waals surface area (Å²) in [4.78, 5) is 11.7. The van der Waals surface area contributed by atoms with Crippen LogP contribution in [0.2, 0.25) is 0 Å². The van der Waals surface area contributed by atoms with Crippen molar-refractivity contribution in [2.45, 2.75) is 13.3 Å². The molecule has 4 nitrogen and oxygen atoms in total. The first-order valence-electron chi connectivity index (χ1n) is 7.20. The molecule has 2 rings (SSSR count). The number of hydrogen-bond acceptors (Lipinski definition) is 3. The number of rotatable bonds is 7. The van der Waals surface area contributed by atoms with Gasteiger partial charge in [-0.3, -0.25) is 10.2 Å². The molecule has 0 aliphatic rings. The van der Waals surface area contributed by atoms with Crippen molar-refractivity contribution in [1.29, 1.82) is 0 Å².